The average Bonchev–Trinajstić information content (AvgIpc) is 2.01. The topological polar surface area (TPSA) is 33.1 Å². The Balaban J connectivity index is 2.85. The summed E-state index contributed by atoms with van der Waals surface area (Å²) < 4.78 is 0. The molecule has 2 heteroatoms. The summed E-state index contributed by atoms with van der Waals surface area (Å²) >= 11 is 0. The maximum absolute atomic E-state index is 8.88. The van der Waals surface area contributed by atoms with Gasteiger partial charge in [0.15, 0.2) is 0 Å². The van der Waals surface area contributed by atoms with E-state index in [4.69, 9.17) is 5.11 Å². The van der Waals surface area contributed by atoms with E-state index < -0.39 is 6.10 Å². The molecule has 0 radical (unpaired) electrons. The molecule has 0 bridgehead atoms. The van der Waals surface area contributed by atoms with Crippen molar-refractivity contribution in [2.75, 3.05) is 0 Å². The summed E-state index contributed by atoms with van der Waals surface area (Å²) in [5, 5.41) is 8.88. The van der Waals surface area contributed by atoms with Crippen LogP contribution >= 0.6 is 0 Å². The van der Waals surface area contributed by atoms with Crippen LogP contribution < -0.4 is 0 Å². The van der Waals surface area contributed by atoms with E-state index in [9.17, 15) is 0 Å². The molecule has 0 aromatic carbocycles. The van der Waals surface area contributed by atoms with Crippen molar-refractivity contribution in [3.05, 3.63) is 29.6 Å². The zero-order chi connectivity index (χ0) is 8.97. The van der Waals surface area contributed by atoms with Crippen molar-refractivity contribution in [1.29, 1.82) is 0 Å². The van der Waals surface area contributed by atoms with E-state index in [-0.39, 0.29) is 0 Å². The van der Waals surface area contributed by atoms with Gasteiger partial charge in [-0.05, 0) is 37.5 Å². The highest BCUT2D eigenvalue weighted by molar-refractivity contribution is 5.30. The van der Waals surface area contributed by atoms with E-state index in [0.29, 0.717) is 5.69 Å². The van der Waals surface area contributed by atoms with E-state index in [1.165, 1.54) is 0 Å². The van der Waals surface area contributed by atoms with Gasteiger partial charge < -0.3 is 5.11 Å². The predicted molar refractivity (Wildman–Crippen MR) is 47.5 cm³/mol. The van der Waals surface area contributed by atoms with Crippen LogP contribution in [0.2, 0.25) is 0 Å². The van der Waals surface area contributed by atoms with Gasteiger partial charge in [-0.2, -0.15) is 0 Å². The van der Waals surface area contributed by atoms with E-state index in [1.54, 1.807) is 13.1 Å². The van der Waals surface area contributed by atoms with Crippen LogP contribution in [0.25, 0.3) is 0 Å². The summed E-state index contributed by atoms with van der Waals surface area (Å²) in [6.45, 7) is 3.61. The third kappa shape index (κ3) is 2.73. The summed E-state index contributed by atoms with van der Waals surface area (Å²) in [6, 6.07) is 3.79. The van der Waals surface area contributed by atoms with Gasteiger partial charge in [0.05, 0.1) is 0 Å². The molecular weight excluding hydrogens is 150 g/mol. The van der Waals surface area contributed by atoms with Gasteiger partial charge >= 0.3 is 0 Å². The third-order valence-electron chi connectivity index (χ3n) is 1.32. The SMILES string of the molecule is Cc1ccnc(C#C[C@H](C)O)c1. The first-order valence-electron chi connectivity index (χ1n) is 3.81. The average molecular weight is 161 g/mol. The van der Waals surface area contributed by atoms with Crippen molar-refractivity contribution < 1.29 is 5.11 Å². The molecule has 0 saturated carbocycles. The van der Waals surface area contributed by atoms with Gasteiger partial charge in [-0.25, -0.2) is 4.98 Å². The zero-order valence-electron chi connectivity index (χ0n) is 7.20. The van der Waals surface area contributed by atoms with E-state index in [0.717, 1.165) is 5.56 Å². The van der Waals surface area contributed by atoms with E-state index >= 15 is 0 Å². The standard InChI is InChI=1S/C10H11NO/c1-8-5-6-11-10(7-8)4-3-9(2)12/h5-7,9,12H,1-2H3/t9-/m0/s1. The zero-order valence-corrected chi connectivity index (χ0v) is 7.20. The number of aliphatic hydroxyl groups is 1. The van der Waals surface area contributed by atoms with Crippen LogP contribution in [0.15, 0.2) is 18.3 Å². The summed E-state index contributed by atoms with van der Waals surface area (Å²) in [4.78, 5) is 4.03. The molecule has 1 N–H and O–H groups in total. The smallest absolute Gasteiger partial charge is 0.113 e. The molecule has 0 aliphatic carbocycles. The van der Waals surface area contributed by atoms with E-state index in [2.05, 4.69) is 16.8 Å². The second-order valence-corrected chi connectivity index (χ2v) is 2.66. The summed E-state index contributed by atoms with van der Waals surface area (Å²) in [7, 11) is 0. The lowest BCUT2D eigenvalue weighted by atomic mass is 10.2. The summed E-state index contributed by atoms with van der Waals surface area (Å²) in [5.41, 5.74) is 1.83. The van der Waals surface area contributed by atoms with Crippen molar-refractivity contribution in [3.63, 3.8) is 0 Å². The number of pyridine rings is 1. The van der Waals surface area contributed by atoms with Crippen molar-refractivity contribution in [3.8, 4) is 11.8 Å². The number of aliphatic hydroxyl groups excluding tert-OH is 1. The highest BCUT2D eigenvalue weighted by Gasteiger charge is 1.89. The number of aryl methyl sites for hydroxylation is 1. The lowest BCUT2D eigenvalue weighted by Gasteiger charge is -1.92. The van der Waals surface area contributed by atoms with Crippen molar-refractivity contribution in [2.24, 2.45) is 0 Å². The molecule has 1 atom stereocenters. The van der Waals surface area contributed by atoms with E-state index in [1.807, 2.05) is 19.1 Å². The minimum atomic E-state index is -0.590. The summed E-state index contributed by atoms with van der Waals surface area (Å²) in [5.74, 6) is 5.41. The highest BCUT2D eigenvalue weighted by Crippen LogP contribution is 1.97. The maximum atomic E-state index is 8.88. The fourth-order valence-electron chi connectivity index (χ4n) is 0.783. The molecule has 0 fully saturated rings. The molecule has 1 heterocycles. The molecule has 62 valence electrons. The molecule has 1 rings (SSSR count). The number of nitrogens with zero attached hydrogens (tertiary/aromatic N) is 1. The second kappa shape index (κ2) is 3.89. The third-order valence-corrected chi connectivity index (χ3v) is 1.32. The minimum Gasteiger partial charge on any atom is -0.381 e. The van der Waals surface area contributed by atoms with Crippen molar-refractivity contribution >= 4 is 0 Å². The fourth-order valence-corrected chi connectivity index (χ4v) is 0.783. The van der Waals surface area contributed by atoms with Gasteiger partial charge in [0.25, 0.3) is 0 Å². The summed E-state index contributed by atoms with van der Waals surface area (Å²) in [6.07, 6.45) is 1.12. The van der Waals surface area contributed by atoms with Crippen LogP contribution in [0.4, 0.5) is 0 Å². The second-order valence-electron chi connectivity index (χ2n) is 2.66. The molecule has 0 aliphatic heterocycles. The Kier molecular flexibility index (Phi) is 2.84. The van der Waals surface area contributed by atoms with Gasteiger partial charge in [0.1, 0.15) is 11.8 Å². The quantitative estimate of drug-likeness (QED) is 0.578. The largest absolute Gasteiger partial charge is 0.381 e. The minimum absolute atomic E-state index is 0.590. The predicted octanol–water partition coefficient (Wildman–Crippen LogP) is 1.12. The van der Waals surface area contributed by atoms with Gasteiger partial charge in [0.2, 0.25) is 0 Å². The number of rotatable bonds is 0. The Morgan fingerprint density at radius 3 is 2.92 bits per heavy atom. The first-order valence-corrected chi connectivity index (χ1v) is 3.81. The Labute approximate surface area is 72.3 Å². The Morgan fingerprint density at radius 2 is 2.33 bits per heavy atom. The van der Waals surface area contributed by atoms with Crippen molar-refractivity contribution in [2.45, 2.75) is 20.0 Å². The molecule has 1 aromatic heterocycles. The molecule has 0 saturated heterocycles. The molecular formula is C10H11NO. The molecule has 0 spiro atoms. The number of aromatic nitrogens is 1. The lowest BCUT2D eigenvalue weighted by Crippen LogP contribution is -1.93. The Bertz CT molecular complexity index is 320. The van der Waals surface area contributed by atoms with Gasteiger partial charge in [-0.1, -0.05) is 5.92 Å². The fraction of sp³-hybridized carbons (Fsp3) is 0.300. The molecule has 0 aliphatic rings. The molecule has 12 heavy (non-hydrogen) atoms. The molecule has 0 amide bonds. The van der Waals surface area contributed by atoms with Crippen LogP contribution in [0.3, 0.4) is 0 Å². The van der Waals surface area contributed by atoms with Crippen LogP contribution in [-0.4, -0.2) is 16.2 Å². The first-order chi connectivity index (χ1) is 5.68. The van der Waals surface area contributed by atoms with Crippen LogP contribution in [-0.2, 0) is 0 Å². The number of hydrogen-bond acceptors (Lipinski definition) is 2. The van der Waals surface area contributed by atoms with Crippen LogP contribution in [0.1, 0.15) is 18.2 Å². The Hall–Kier alpha value is -1.33. The van der Waals surface area contributed by atoms with Crippen molar-refractivity contribution in [1.82, 2.24) is 4.98 Å². The maximum Gasteiger partial charge on any atom is 0.113 e. The molecule has 2 nitrogen and oxygen atoms in total. The highest BCUT2D eigenvalue weighted by atomic mass is 16.3. The molecule has 1 aromatic rings. The first kappa shape index (κ1) is 8.76. The Morgan fingerprint density at radius 1 is 1.58 bits per heavy atom. The van der Waals surface area contributed by atoms with Crippen LogP contribution in [0, 0.1) is 18.8 Å². The normalized spacial score (nSPS) is 11.6. The van der Waals surface area contributed by atoms with Gasteiger partial charge in [0, 0.05) is 6.20 Å². The monoisotopic (exact) mass is 161 g/mol. The molecule has 0 unspecified atom stereocenters. The van der Waals surface area contributed by atoms with Crippen LogP contribution in [0.5, 0.6) is 0 Å². The van der Waals surface area contributed by atoms with Gasteiger partial charge in [-0.3, -0.25) is 0 Å². The van der Waals surface area contributed by atoms with Gasteiger partial charge in [-0.15, -0.1) is 0 Å². The number of hydrogen-bond donors (Lipinski definition) is 1. The lowest BCUT2D eigenvalue weighted by molar-refractivity contribution is 0.253.